The Morgan fingerprint density at radius 1 is 1.12 bits per heavy atom. The van der Waals surface area contributed by atoms with Gasteiger partial charge in [-0.2, -0.15) is 0 Å². The highest BCUT2D eigenvalue weighted by Crippen LogP contribution is 2.14. The summed E-state index contributed by atoms with van der Waals surface area (Å²) in [6.07, 6.45) is 6.56. The average molecular weight is 322 g/mol. The Kier molecular flexibility index (Phi) is 4.76. The van der Waals surface area contributed by atoms with Gasteiger partial charge in [-0.25, -0.2) is 4.39 Å². The van der Waals surface area contributed by atoms with Crippen molar-refractivity contribution < 1.29 is 9.18 Å². The number of carbonyl (C=O) groups excluding carboxylic acids is 1. The number of amides is 1. The number of hydrogen-bond acceptors (Lipinski definition) is 3. The third kappa shape index (κ3) is 3.92. The summed E-state index contributed by atoms with van der Waals surface area (Å²) in [5.74, 6) is -0.487. The molecule has 2 aromatic carbocycles. The predicted octanol–water partition coefficient (Wildman–Crippen LogP) is 3.45. The van der Waals surface area contributed by atoms with Gasteiger partial charge in [0.25, 0.3) is 0 Å². The molecular weight excluding hydrogens is 307 g/mol. The van der Waals surface area contributed by atoms with E-state index in [1.54, 1.807) is 53.6 Å². The summed E-state index contributed by atoms with van der Waals surface area (Å²) in [7, 11) is 0. The van der Waals surface area contributed by atoms with E-state index in [2.05, 4.69) is 15.5 Å². The van der Waals surface area contributed by atoms with Crippen molar-refractivity contribution in [2.45, 2.75) is 6.42 Å². The van der Waals surface area contributed by atoms with E-state index in [-0.39, 0.29) is 18.1 Å². The van der Waals surface area contributed by atoms with Gasteiger partial charge in [0.1, 0.15) is 18.5 Å². The van der Waals surface area contributed by atoms with Gasteiger partial charge in [-0.3, -0.25) is 9.36 Å². The zero-order valence-corrected chi connectivity index (χ0v) is 12.8. The predicted molar refractivity (Wildman–Crippen MR) is 90.0 cm³/mol. The van der Waals surface area contributed by atoms with Crippen LogP contribution in [0.5, 0.6) is 0 Å². The second-order valence-electron chi connectivity index (χ2n) is 5.10. The first-order chi connectivity index (χ1) is 11.7. The fourth-order valence-corrected chi connectivity index (χ4v) is 2.19. The van der Waals surface area contributed by atoms with Crippen LogP contribution < -0.4 is 5.32 Å². The van der Waals surface area contributed by atoms with E-state index in [1.807, 2.05) is 18.2 Å². The zero-order valence-electron chi connectivity index (χ0n) is 12.8. The Morgan fingerprint density at radius 2 is 1.92 bits per heavy atom. The molecule has 0 saturated carbocycles. The Bertz CT molecular complexity index is 859. The summed E-state index contributed by atoms with van der Waals surface area (Å²) in [6, 6.07) is 13.8. The molecule has 0 spiro atoms. The first-order valence-electron chi connectivity index (χ1n) is 7.38. The molecule has 0 bridgehead atoms. The van der Waals surface area contributed by atoms with Crippen LogP contribution in [0.4, 0.5) is 10.1 Å². The van der Waals surface area contributed by atoms with Crippen LogP contribution in [-0.2, 0) is 4.79 Å². The third-order valence-corrected chi connectivity index (χ3v) is 3.35. The van der Waals surface area contributed by atoms with Crippen molar-refractivity contribution >= 4 is 17.7 Å². The second kappa shape index (κ2) is 7.32. The van der Waals surface area contributed by atoms with Crippen molar-refractivity contribution in [3.8, 4) is 5.69 Å². The normalized spacial score (nSPS) is 10.9. The van der Waals surface area contributed by atoms with Crippen molar-refractivity contribution in [1.82, 2.24) is 14.8 Å². The number of aromatic nitrogens is 3. The largest absolute Gasteiger partial charge is 0.326 e. The van der Waals surface area contributed by atoms with Crippen LogP contribution in [0.3, 0.4) is 0 Å². The van der Waals surface area contributed by atoms with Crippen LogP contribution in [0, 0.1) is 5.82 Å². The van der Waals surface area contributed by atoms with E-state index < -0.39 is 0 Å². The maximum absolute atomic E-state index is 13.5. The van der Waals surface area contributed by atoms with E-state index in [4.69, 9.17) is 0 Å². The number of rotatable bonds is 5. The smallest absolute Gasteiger partial charge is 0.228 e. The minimum absolute atomic E-state index is 0.158. The first-order valence-corrected chi connectivity index (χ1v) is 7.38. The molecule has 0 radical (unpaired) electrons. The van der Waals surface area contributed by atoms with E-state index >= 15 is 0 Å². The number of hydrogen-bond donors (Lipinski definition) is 1. The number of halogens is 1. The maximum atomic E-state index is 13.5. The van der Waals surface area contributed by atoms with E-state index in [9.17, 15) is 9.18 Å². The van der Waals surface area contributed by atoms with Crippen LogP contribution in [0.1, 0.15) is 12.0 Å². The lowest BCUT2D eigenvalue weighted by Crippen LogP contribution is -2.10. The van der Waals surface area contributed by atoms with E-state index in [0.717, 1.165) is 5.69 Å². The lowest BCUT2D eigenvalue weighted by atomic mass is 10.2. The molecular formula is C18H15FN4O. The number of benzene rings is 2. The molecule has 0 atom stereocenters. The van der Waals surface area contributed by atoms with Crippen LogP contribution in [0.2, 0.25) is 0 Å². The Morgan fingerprint density at radius 3 is 2.71 bits per heavy atom. The van der Waals surface area contributed by atoms with Gasteiger partial charge in [0.15, 0.2) is 0 Å². The molecule has 0 fully saturated rings. The van der Waals surface area contributed by atoms with E-state index in [0.29, 0.717) is 11.3 Å². The number of anilines is 1. The lowest BCUT2D eigenvalue weighted by Gasteiger charge is -2.06. The molecule has 120 valence electrons. The third-order valence-electron chi connectivity index (χ3n) is 3.35. The average Bonchev–Trinajstić information content (AvgIpc) is 3.11. The second-order valence-corrected chi connectivity index (χ2v) is 5.10. The molecule has 1 N–H and O–H groups in total. The fourth-order valence-electron chi connectivity index (χ4n) is 2.19. The molecule has 3 rings (SSSR count). The van der Waals surface area contributed by atoms with Gasteiger partial charge in [0.2, 0.25) is 5.91 Å². The van der Waals surface area contributed by atoms with Gasteiger partial charge < -0.3 is 5.32 Å². The highest BCUT2D eigenvalue weighted by atomic mass is 19.1. The molecule has 3 aromatic rings. The summed E-state index contributed by atoms with van der Waals surface area (Å²) in [5.41, 5.74) is 1.98. The minimum Gasteiger partial charge on any atom is -0.326 e. The van der Waals surface area contributed by atoms with Gasteiger partial charge >= 0.3 is 0 Å². The molecule has 1 amide bonds. The van der Waals surface area contributed by atoms with Crippen molar-refractivity contribution in [3.05, 3.63) is 78.6 Å². The number of nitrogens with one attached hydrogen (secondary N) is 1. The van der Waals surface area contributed by atoms with Gasteiger partial charge in [-0.1, -0.05) is 36.4 Å². The molecule has 5 nitrogen and oxygen atoms in total. The van der Waals surface area contributed by atoms with Crippen LogP contribution in [0.15, 0.2) is 67.3 Å². The van der Waals surface area contributed by atoms with Gasteiger partial charge in [0, 0.05) is 17.7 Å². The Balaban J connectivity index is 1.61. The first kappa shape index (κ1) is 15.6. The summed E-state index contributed by atoms with van der Waals surface area (Å²) in [6.45, 7) is 0. The maximum Gasteiger partial charge on any atom is 0.228 e. The standard InChI is InChI=1S/C18H15FN4O/c19-17-9-2-1-5-14(17)6-3-10-18(24)22-15-7-4-8-16(11-15)23-12-20-21-13-23/h1-9,11-13H,10H2,(H,22,24). The molecule has 1 heterocycles. The van der Waals surface area contributed by atoms with Crippen LogP contribution in [0.25, 0.3) is 11.8 Å². The number of carbonyl (C=O) groups is 1. The van der Waals surface area contributed by atoms with Gasteiger partial charge in [-0.15, -0.1) is 10.2 Å². The molecule has 0 aliphatic heterocycles. The van der Waals surface area contributed by atoms with Crippen LogP contribution >= 0.6 is 0 Å². The highest BCUT2D eigenvalue weighted by molar-refractivity contribution is 5.92. The van der Waals surface area contributed by atoms with E-state index in [1.165, 1.54) is 6.07 Å². The molecule has 1 aromatic heterocycles. The van der Waals surface area contributed by atoms with Crippen molar-refractivity contribution in [3.63, 3.8) is 0 Å². The lowest BCUT2D eigenvalue weighted by molar-refractivity contribution is -0.115. The summed E-state index contributed by atoms with van der Waals surface area (Å²) < 4.78 is 15.2. The topological polar surface area (TPSA) is 59.8 Å². The quantitative estimate of drug-likeness (QED) is 0.782. The van der Waals surface area contributed by atoms with Crippen molar-refractivity contribution in [2.75, 3.05) is 5.32 Å². The summed E-state index contributed by atoms with van der Waals surface area (Å²) >= 11 is 0. The minimum atomic E-state index is -0.309. The summed E-state index contributed by atoms with van der Waals surface area (Å²) in [5, 5.41) is 10.3. The zero-order chi connectivity index (χ0) is 16.8. The van der Waals surface area contributed by atoms with Gasteiger partial charge in [0.05, 0.1) is 5.69 Å². The Labute approximate surface area is 138 Å². The van der Waals surface area contributed by atoms with Crippen molar-refractivity contribution in [2.24, 2.45) is 0 Å². The number of nitrogens with zero attached hydrogens (tertiary/aromatic N) is 3. The molecule has 0 saturated heterocycles. The molecule has 6 heteroatoms. The SMILES string of the molecule is O=C(CC=Cc1ccccc1F)Nc1cccc(-n2cnnc2)c1. The van der Waals surface area contributed by atoms with Crippen LogP contribution in [-0.4, -0.2) is 20.7 Å². The fraction of sp³-hybridized carbons (Fsp3) is 0.0556. The van der Waals surface area contributed by atoms with Gasteiger partial charge in [-0.05, 0) is 24.3 Å². The highest BCUT2D eigenvalue weighted by Gasteiger charge is 2.03. The molecule has 0 aliphatic carbocycles. The van der Waals surface area contributed by atoms with Crippen molar-refractivity contribution in [1.29, 1.82) is 0 Å². The monoisotopic (exact) mass is 322 g/mol. The summed E-state index contributed by atoms with van der Waals surface area (Å²) in [4.78, 5) is 12.0. The Hall–Kier alpha value is -3.28. The molecule has 24 heavy (non-hydrogen) atoms. The molecule has 0 aliphatic rings. The molecule has 0 unspecified atom stereocenters.